The molecule has 0 atom stereocenters. The normalized spacial score (nSPS) is 8.22. The predicted octanol–water partition coefficient (Wildman–Crippen LogP) is -0.437. The van der Waals surface area contributed by atoms with Crippen LogP contribution in [0.25, 0.3) is 0 Å². The van der Waals surface area contributed by atoms with E-state index in [4.69, 9.17) is 0 Å². The van der Waals surface area contributed by atoms with Crippen molar-refractivity contribution in [2.45, 2.75) is 6.92 Å². The van der Waals surface area contributed by atoms with Gasteiger partial charge < -0.3 is 0 Å². The molecule has 0 aromatic heterocycles. The van der Waals surface area contributed by atoms with Gasteiger partial charge in [0.15, 0.2) is 0 Å². The van der Waals surface area contributed by atoms with Gasteiger partial charge in [-0.3, -0.25) is 9.59 Å². The molecule has 5 heteroatoms. The summed E-state index contributed by atoms with van der Waals surface area (Å²) < 4.78 is 0. The summed E-state index contributed by atoms with van der Waals surface area (Å²) in [6.07, 6.45) is 0. The number of carbonyl (C=O) groups excluding carboxylic acids is 2. The van der Waals surface area contributed by atoms with Crippen LogP contribution in [0.3, 0.4) is 0 Å². The van der Waals surface area contributed by atoms with Gasteiger partial charge in [-0.1, -0.05) is 15.9 Å². The average Bonchev–Trinajstić information content (AvgIpc) is 1.83. The maximum absolute atomic E-state index is 10.3. The second kappa shape index (κ2) is 4.31. The number of halogens is 1. The van der Waals surface area contributed by atoms with Gasteiger partial charge >= 0.3 is 0 Å². The van der Waals surface area contributed by atoms with Crippen molar-refractivity contribution in [3.63, 3.8) is 0 Å². The Morgan fingerprint density at radius 3 is 2.56 bits per heavy atom. The Labute approximate surface area is 61.1 Å². The SMILES string of the molecule is CC(=O)[N]NC(=O)CBr. The highest BCUT2D eigenvalue weighted by Crippen LogP contribution is 1.75. The smallest absolute Gasteiger partial charge is 0.259 e. The molecule has 0 fully saturated rings. The minimum Gasteiger partial charge on any atom is -0.272 e. The zero-order chi connectivity index (χ0) is 7.28. The number of rotatable bonds is 1. The number of nitrogens with zero attached hydrogens (tertiary/aromatic N) is 1. The summed E-state index contributed by atoms with van der Waals surface area (Å²) in [6, 6.07) is 0. The minimum atomic E-state index is -0.413. The number of hydrogen-bond donors (Lipinski definition) is 1. The summed E-state index contributed by atoms with van der Waals surface area (Å²) in [5.41, 5.74) is 5.15. The van der Waals surface area contributed by atoms with Gasteiger partial charge in [0, 0.05) is 6.92 Å². The number of nitrogens with one attached hydrogen (secondary N) is 1. The molecule has 0 aliphatic carbocycles. The average molecular weight is 194 g/mol. The van der Waals surface area contributed by atoms with Crippen LogP contribution in [-0.4, -0.2) is 17.1 Å². The zero-order valence-corrected chi connectivity index (χ0v) is 6.43. The van der Waals surface area contributed by atoms with Gasteiger partial charge in [0.2, 0.25) is 0 Å². The van der Waals surface area contributed by atoms with Gasteiger partial charge in [0.05, 0.1) is 5.33 Å². The summed E-state index contributed by atoms with van der Waals surface area (Å²) in [6.45, 7) is 1.26. The molecular formula is C4H6BrN2O2. The van der Waals surface area contributed by atoms with E-state index in [1.54, 1.807) is 0 Å². The van der Waals surface area contributed by atoms with Crippen LogP contribution in [0.5, 0.6) is 0 Å². The fraction of sp³-hybridized carbons (Fsp3) is 0.500. The molecule has 9 heavy (non-hydrogen) atoms. The molecule has 0 rings (SSSR count). The van der Waals surface area contributed by atoms with E-state index < -0.39 is 5.91 Å². The maximum atomic E-state index is 10.3. The van der Waals surface area contributed by atoms with E-state index >= 15 is 0 Å². The van der Waals surface area contributed by atoms with E-state index in [1.807, 2.05) is 5.43 Å². The van der Waals surface area contributed by atoms with Crippen molar-refractivity contribution in [3.8, 4) is 0 Å². The fourth-order valence-electron chi connectivity index (χ4n) is 0.171. The van der Waals surface area contributed by atoms with Crippen molar-refractivity contribution in [1.29, 1.82) is 0 Å². The van der Waals surface area contributed by atoms with E-state index in [1.165, 1.54) is 6.92 Å². The minimum absolute atomic E-state index is 0.157. The molecule has 0 aromatic carbocycles. The standard InChI is InChI=1S/C4H6BrN2O2/c1-3(8)6-7-4(9)2-5/h2H2,1H3,(H,7,9). The Morgan fingerprint density at radius 1 is 1.67 bits per heavy atom. The molecule has 1 radical (unpaired) electrons. The lowest BCUT2D eigenvalue weighted by Crippen LogP contribution is -2.34. The van der Waals surface area contributed by atoms with Gasteiger partial charge in [-0.15, -0.1) is 5.43 Å². The van der Waals surface area contributed by atoms with E-state index in [-0.39, 0.29) is 11.2 Å². The molecule has 0 saturated carbocycles. The first-order chi connectivity index (χ1) is 4.16. The lowest BCUT2D eigenvalue weighted by atomic mass is 10.7. The van der Waals surface area contributed by atoms with Crippen LogP contribution in [-0.2, 0) is 9.59 Å². The molecule has 0 aliphatic rings. The molecule has 0 unspecified atom stereocenters. The van der Waals surface area contributed by atoms with Crippen molar-refractivity contribution in [1.82, 2.24) is 10.9 Å². The van der Waals surface area contributed by atoms with Gasteiger partial charge in [0.25, 0.3) is 11.8 Å². The van der Waals surface area contributed by atoms with E-state index in [0.29, 0.717) is 0 Å². The lowest BCUT2D eigenvalue weighted by Gasteiger charge is -1.95. The molecular weight excluding hydrogens is 188 g/mol. The van der Waals surface area contributed by atoms with Crippen molar-refractivity contribution in [2.75, 3.05) is 5.33 Å². The second-order valence-corrected chi connectivity index (χ2v) is 1.86. The summed E-state index contributed by atoms with van der Waals surface area (Å²) in [7, 11) is 0. The van der Waals surface area contributed by atoms with Gasteiger partial charge in [-0.05, 0) is 0 Å². The summed E-state index contributed by atoms with van der Waals surface area (Å²) >= 11 is 2.88. The first kappa shape index (κ1) is 8.42. The molecule has 0 spiro atoms. The van der Waals surface area contributed by atoms with Crippen LogP contribution in [0.15, 0.2) is 0 Å². The Bertz CT molecular complexity index is 126. The number of hydrogen-bond acceptors (Lipinski definition) is 2. The third-order valence-corrected chi connectivity index (χ3v) is 0.969. The van der Waals surface area contributed by atoms with Crippen LogP contribution in [0, 0.1) is 0 Å². The van der Waals surface area contributed by atoms with Crippen molar-refractivity contribution < 1.29 is 9.59 Å². The van der Waals surface area contributed by atoms with Gasteiger partial charge in [-0.2, -0.15) is 0 Å². The van der Waals surface area contributed by atoms with Crippen LogP contribution < -0.4 is 10.9 Å². The Kier molecular flexibility index (Phi) is 4.04. The highest BCUT2D eigenvalue weighted by atomic mass is 79.9. The molecule has 0 bridgehead atoms. The molecule has 1 N–H and O–H groups in total. The first-order valence-corrected chi connectivity index (χ1v) is 3.35. The number of carbonyl (C=O) groups is 2. The number of alkyl halides is 1. The van der Waals surface area contributed by atoms with E-state index in [2.05, 4.69) is 21.4 Å². The zero-order valence-electron chi connectivity index (χ0n) is 4.85. The lowest BCUT2D eigenvalue weighted by molar-refractivity contribution is -0.126. The van der Waals surface area contributed by atoms with Crippen LogP contribution in [0.2, 0.25) is 0 Å². The quantitative estimate of drug-likeness (QED) is 0.454. The van der Waals surface area contributed by atoms with Crippen LogP contribution in [0.4, 0.5) is 0 Å². The topological polar surface area (TPSA) is 60.3 Å². The summed E-state index contributed by atoms with van der Waals surface area (Å²) in [5, 5.41) is 0.157. The molecule has 2 amide bonds. The molecule has 0 aromatic rings. The van der Waals surface area contributed by atoms with Crippen molar-refractivity contribution >= 4 is 27.7 Å². The molecule has 0 heterocycles. The summed E-state index contributed by atoms with van der Waals surface area (Å²) in [4.78, 5) is 20.4. The molecule has 4 nitrogen and oxygen atoms in total. The number of amides is 2. The predicted molar refractivity (Wildman–Crippen MR) is 34.8 cm³/mol. The largest absolute Gasteiger partial charge is 0.272 e. The van der Waals surface area contributed by atoms with Crippen LogP contribution >= 0.6 is 15.9 Å². The Hall–Kier alpha value is -0.580. The monoisotopic (exact) mass is 193 g/mol. The summed E-state index contributed by atoms with van der Waals surface area (Å²) in [5.74, 6) is -0.741. The highest BCUT2D eigenvalue weighted by Gasteiger charge is 1.97. The first-order valence-electron chi connectivity index (χ1n) is 2.23. The van der Waals surface area contributed by atoms with Gasteiger partial charge in [-0.25, -0.2) is 5.43 Å². The van der Waals surface area contributed by atoms with Crippen LogP contribution in [0.1, 0.15) is 6.92 Å². The Balaban J connectivity index is 3.28. The van der Waals surface area contributed by atoms with Crippen molar-refractivity contribution in [2.24, 2.45) is 0 Å². The van der Waals surface area contributed by atoms with Crippen molar-refractivity contribution in [3.05, 3.63) is 0 Å². The Morgan fingerprint density at radius 2 is 2.22 bits per heavy atom. The van der Waals surface area contributed by atoms with Gasteiger partial charge in [0.1, 0.15) is 0 Å². The third-order valence-electron chi connectivity index (χ3n) is 0.459. The molecule has 0 saturated heterocycles. The maximum Gasteiger partial charge on any atom is 0.259 e. The second-order valence-electron chi connectivity index (χ2n) is 1.30. The van der Waals surface area contributed by atoms with E-state index in [9.17, 15) is 9.59 Å². The fourth-order valence-corrected chi connectivity index (χ4v) is 0.296. The molecule has 51 valence electrons. The van der Waals surface area contributed by atoms with E-state index in [0.717, 1.165) is 0 Å². The highest BCUT2D eigenvalue weighted by molar-refractivity contribution is 9.09. The third kappa shape index (κ3) is 5.29. The molecule has 0 aliphatic heterocycles.